The SMILES string of the molecule is Cc1ccc(-n2ncc(C(=O)NC(C)C(C)CO)c2C(C)C)cc1. The van der Waals surface area contributed by atoms with E-state index in [4.69, 9.17) is 0 Å². The molecule has 1 heterocycles. The van der Waals surface area contributed by atoms with E-state index in [0.29, 0.717) is 5.56 Å². The fourth-order valence-corrected chi connectivity index (χ4v) is 2.57. The Morgan fingerprint density at radius 2 is 1.83 bits per heavy atom. The third kappa shape index (κ3) is 3.85. The second-order valence-electron chi connectivity index (χ2n) is 6.77. The Bertz CT molecular complexity index is 689. The van der Waals surface area contributed by atoms with Crippen molar-refractivity contribution >= 4 is 5.91 Å². The number of aliphatic hydroxyl groups is 1. The van der Waals surface area contributed by atoms with Gasteiger partial charge in [-0.2, -0.15) is 5.10 Å². The number of aryl methyl sites for hydroxylation is 1. The molecular formula is C19H27N3O2. The van der Waals surface area contributed by atoms with Gasteiger partial charge in [-0.05, 0) is 37.8 Å². The van der Waals surface area contributed by atoms with Gasteiger partial charge >= 0.3 is 0 Å². The lowest BCUT2D eigenvalue weighted by Crippen LogP contribution is -2.38. The van der Waals surface area contributed by atoms with E-state index in [2.05, 4.69) is 24.3 Å². The minimum Gasteiger partial charge on any atom is -0.396 e. The molecule has 5 nitrogen and oxygen atoms in total. The largest absolute Gasteiger partial charge is 0.396 e. The molecule has 130 valence electrons. The third-order valence-electron chi connectivity index (χ3n) is 4.38. The maximum absolute atomic E-state index is 12.7. The highest BCUT2D eigenvalue weighted by atomic mass is 16.3. The molecule has 0 spiro atoms. The smallest absolute Gasteiger partial charge is 0.255 e. The molecule has 1 aromatic carbocycles. The van der Waals surface area contributed by atoms with E-state index in [1.807, 2.05) is 49.7 Å². The normalized spacial score (nSPS) is 13.8. The Labute approximate surface area is 143 Å². The molecule has 1 aromatic heterocycles. The van der Waals surface area contributed by atoms with E-state index in [1.54, 1.807) is 6.20 Å². The van der Waals surface area contributed by atoms with Crippen LogP contribution < -0.4 is 5.32 Å². The van der Waals surface area contributed by atoms with Crippen molar-refractivity contribution in [3.8, 4) is 5.69 Å². The first-order chi connectivity index (χ1) is 11.3. The molecule has 0 fully saturated rings. The summed E-state index contributed by atoms with van der Waals surface area (Å²) in [7, 11) is 0. The van der Waals surface area contributed by atoms with E-state index < -0.39 is 0 Å². The Balaban J connectivity index is 2.35. The van der Waals surface area contributed by atoms with Crippen molar-refractivity contribution in [1.29, 1.82) is 0 Å². The number of nitrogens with zero attached hydrogens (tertiary/aromatic N) is 2. The number of carbonyl (C=O) groups excluding carboxylic acids is 1. The first kappa shape index (κ1) is 18.2. The number of hydrogen-bond acceptors (Lipinski definition) is 3. The number of aliphatic hydroxyl groups excluding tert-OH is 1. The third-order valence-corrected chi connectivity index (χ3v) is 4.38. The van der Waals surface area contributed by atoms with Gasteiger partial charge in [0, 0.05) is 12.6 Å². The summed E-state index contributed by atoms with van der Waals surface area (Å²) in [5.41, 5.74) is 3.60. The van der Waals surface area contributed by atoms with Gasteiger partial charge in [0.25, 0.3) is 5.91 Å². The van der Waals surface area contributed by atoms with Crippen molar-refractivity contribution in [2.45, 2.75) is 46.6 Å². The van der Waals surface area contributed by atoms with Crippen LogP contribution in [-0.4, -0.2) is 33.4 Å². The molecule has 2 atom stereocenters. The van der Waals surface area contributed by atoms with Crippen LogP contribution >= 0.6 is 0 Å². The molecule has 0 bridgehead atoms. The summed E-state index contributed by atoms with van der Waals surface area (Å²) >= 11 is 0. The zero-order valence-corrected chi connectivity index (χ0v) is 15.1. The van der Waals surface area contributed by atoms with E-state index in [-0.39, 0.29) is 30.4 Å². The zero-order valence-electron chi connectivity index (χ0n) is 15.1. The van der Waals surface area contributed by atoms with Gasteiger partial charge in [-0.1, -0.05) is 38.5 Å². The van der Waals surface area contributed by atoms with Crippen LogP contribution in [0.2, 0.25) is 0 Å². The van der Waals surface area contributed by atoms with E-state index >= 15 is 0 Å². The fraction of sp³-hybridized carbons (Fsp3) is 0.474. The van der Waals surface area contributed by atoms with Gasteiger partial charge in [-0.3, -0.25) is 4.79 Å². The molecule has 2 rings (SSSR count). The molecule has 5 heteroatoms. The molecule has 24 heavy (non-hydrogen) atoms. The van der Waals surface area contributed by atoms with Gasteiger partial charge in [0.15, 0.2) is 0 Å². The number of aromatic nitrogens is 2. The van der Waals surface area contributed by atoms with Crippen LogP contribution in [0.15, 0.2) is 30.5 Å². The molecule has 0 aliphatic heterocycles. The monoisotopic (exact) mass is 329 g/mol. The topological polar surface area (TPSA) is 67.2 Å². The van der Waals surface area contributed by atoms with E-state index in [9.17, 15) is 9.90 Å². The molecule has 2 N–H and O–H groups in total. The van der Waals surface area contributed by atoms with Crippen molar-refractivity contribution in [2.75, 3.05) is 6.61 Å². The van der Waals surface area contributed by atoms with Gasteiger partial charge < -0.3 is 10.4 Å². The Morgan fingerprint density at radius 3 is 2.38 bits per heavy atom. The lowest BCUT2D eigenvalue weighted by molar-refractivity contribution is 0.0915. The van der Waals surface area contributed by atoms with Gasteiger partial charge in [0.1, 0.15) is 0 Å². The highest BCUT2D eigenvalue weighted by Gasteiger charge is 2.23. The molecule has 2 aromatic rings. The lowest BCUT2D eigenvalue weighted by Gasteiger charge is -2.20. The predicted octanol–water partition coefficient (Wildman–Crippen LogP) is 3.05. The quantitative estimate of drug-likeness (QED) is 0.856. The second-order valence-corrected chi connectivity index (χ2v) is 6.77. The number of carbonyl (C=O) groups is 1. The van der Waals surface area contributed by atoms with E-state index in [1.165, 1.54) is 5.56 Å². The first-order valence-corrected chi connectivity index (χ1v) is 8.41. The van der Waals surface area contributed by atoms with Crippen LogP contribution in [-0.2, 0) is 0 Å². The van der Waals surface area contributed by atoms with Crippen LogP contribution in [0, 0.1) is 12.8 Å². The highest BCUT2D eigenvalue weighted by Crippen LogP contribution is 2.23. The molecule has 0 saturated carbocycles. The van der Waals surface area contributed by atoms with Gasteiger partial charge in [0.2, 0.25) is 0 Å². The number of amides is 1. The van der Waals surface area contributed by atoms with Crippen LogP contribution in [0.4, 0.5) is 0 Å². The number of hydrogen-bond donors (Lipinski definition) is 2. The second kappa shape index (κ2) is 7.62. The fourth-order valence-electron chi connectivity index (χ4n) is 2.57. The zero-order chi connectivity index (χ0) is 17.9. The number of rotatable bonds is 6. The highest BCUT2D eigenvalue weighted by molar-refractivity contribution is 5.95. The number of benzene rings is 1. The molecule has 0 aliphatic carbocycles. The summed E-state index contributed by atoms with van der Waals surface area (Å²) < 4.78 is 1.83. The molecule has 2 unspecified atom stereocenters. The standard InChI is InChI=1S/C19H27N3O2/c1-12(2)18-17(19(24)21-15(5)14(4)11-23)10-20-22(18)16-8-6-13(3)7-9-16/h6-10,12,14-15,23H,11H2,1-5H3,(H,21,24). The molecule has 1 amide bonds. The maximum atomic E-state index is 12.7. The van der Waals surface area contributed by atoms with Crippen molar-refractivity contribution in [1.82, 2.24) is 15.1 Å². The lowest BCUT2D eigenvalue weighted by atomic mass is 10.0. The average molecular weight is 329 g/mol. The number of nitrogens with one attached hydrogen (secondary N) is 1. The van der Waals surface area contributed by atoms with Gasteiger partial charge in [-0.15, -0.1) is 0 Å². The molecule has 0 radical (unpaired) electrons. The Hall–Kier alpha value is -2.14. The van der Waals surface area contributed by atoms with Crippen molar-refractivity contribution in [3.63, 3.8) is 0 Å². The van der Waals surface area contributed by atoms with Crippen LogP contribution in [0.5, 0.6) is 0 Å². The Morgan fingerprint density at radius 1 is 1.21 bits per heavy atom. The Kier molecular flexibility index (Phi) is 5.78. The first-order valence-electron chi connectivity index (χ1n) is 8.41. The van der Waals surface area contributed by atoms with Crippen molar-refractivity contribution in [3.05, 3.63) is 47.3 Å². The summed E-state index contributed by atoms with van der Waals surface area (Å²) in [5, 5.41) is 16.6. The average Bonchev–Trinajstić information content (AvgIpc) is 3.00. The van der Waals surface area contributed by atoms with Gasteiger partial charge in [0.05, 0.1) is 23.1 Å². The molecule has 0 aliphatic rings. The summed E-state index contributed by atoms with van der Waals surface area (Å²) in [6, 6.07) is 7.97. The minimum absolute atomic E-state index is 0.00333. The van der Waals surface area contributed by atoms with Crippen LogP contribution in [0.3, 0.4) is 0 Å². The molecular weight excluding hydrogens is 302 g/mol. The van der Waals surface area contributed by atoms with Gasteiger partial charge in [-0.25, -0.2) is 4.68 Å². The van der Waals surface area contributed by atoms with Crippen LogP contribution in [0.1, 0.15) is 55.2 Å². The molecule has 0 saturated heterocycles. The summed E-state index contributed by atoms with van der Waals surface area (Å²) in [6.45, 7) is 10.00. The van der Waals surface area contributed by atoms with E-state index in [0.717, 1.165) is 11.4 Å². The van der Waals surface area contributed by atoms with Crippen molar-refractivity contribution < 1.29 is 9.90 Å². The minimum atomic E-state index is -0.148. The maximum Gasteiger partial charge on any atom is 0.255 e. The predicted molar refractivity (Wildman–Crippen MR) is 95.6 cm³/mol. The summed E-state index contributed by atoms with van der Waals surface area (Å²) in [6.07, 6.45) is 1.63. The van der Waals surface area contributed by atoms with Crippen molar-refractivity contribution in [2.24, 2.45) is 5.92 Å². The van der Waals surface area contributed by atoms with Crippen LogP contribution in [0.25, 0.3) is 5.69 Å². The summed E-state index contributed by atoms with van der Waals surface area (Å²) in [4.78, 5) is 12.7. The summed E-state index contributed by atoms with van der Waals surface area (Å²) in [5.74, 6) is 0.00794.